The lowest BCUT2D eigenvalue weighted by Gasteiger charge is -2.19. The second kappa shape index (κ2) is 5.98. The number of hydrogen-bond donors (Lipinski definition) is 3. The average molecular weight is 384 g/mol. The molecule has 0 amide bonds. The van der Waals surface area contributed by atoms with Crippen LogP contribution in [0.1, 0.15) is 43.4 Å². The van der Waals surface area contributed by atoms with Gasteiger partial charge in [0.2, 0.25) is 0 Å². The summed E-state index contributed by atoms with van der Waals surface area (Å²) in [5.41, 5.74) is 9.18. The molecule has 2 fully saturated rings. The predicted octanol–water partition coefficient (Wildman–Crippen LogP) is 2.29. The van der Waals surface area contributed by atoms with Gasteiger partial charge in [-0.25, -0.2) is 4.98 Å². The molecule has 2 aromatic rings. The van der Waals surface area contributed by atoms with Crippen LogP contribution in [0.2, 0.25) is 5.02 Å². The van der Waals surface area contributed by atoms with Crippen molar-refractivity contribution in [3.8, 4) is 0 Å². The lowest BCUT2D eigenvalue weighted by Crippen LogP contribution is -2.23. The van der Waals surface area contributed by atoms with E-state index < -0.39 is 0 Å². The van der Waals surface area contributed by atoms with Gasteiger partial charge in [-0.15, -0.1) is 12.4 Å². The lowest BCUT2D eigenvalue weighted by atomic mass is 9.92. The van der Waals surface area contributed by atoms with E-state index in [2.05, 4.69) is 10.4 Å². The monoisotopic (exact) mass is 383 g/mol. The molecule has 0 bridgehead atoms. The molecule has 25 heavy (non-hydrogen) atoms. The lowest BCUT2D eigenvalue weighted by molar-refractivity contribution is 0.204. The van der Waals surface area contributed by atoms with Crippen LogP contribution in [0.4, 0.5) is 5.82 Å². The number of fused-ring (bicyclic) bond motifs is 3. The molecule has 0 saturated heterocycles. The Bertz CT molecular complexity index is 819. The number of aromatic nitrogens is 3. The number of rotatable bonds is 3. The minimum absolute atomic E-state index is 0. The highest BCUT2D eigenvalue weighted by Crippen LogP contribution is 2.60. The van der Waals surface area contributed by atoms with E-state index in [1.807, 2.05) is 4.52 Å². The fourth-order valence-corrected chi connectivity index (χ4v) is 4.91. The topological polar surface area (TPSA) is 88.5 Å². The number of nitrogens with zero attached hydrogens (tertiary/aromatic N) is 3. The molecule has 1 spiro atoms. The van der Waals surface area contributed by atoms with E-state index in [-0.39, 0.29) is 36.4 Å². The second-order valence-electron chi connectivity index (χ2n) is 7.67. The summed E-state index contributed by atoms with van der Waals surface area (Å²) in [5, 5.41) is 18.5. The Morgan fingerprint density at radius 2 is 2.20 bits per heavy atom. The number of aliphatic hydroxyl groups excluding tert-OH is 1. The van der Waals surface area contributed by atoms with Crippen molar-refractivity contribution in [2.45, 2.75) is 56.0 Å². The zero-order valence-corrected chi connectivity index (χ0v) is 15.5. The molecule has 3 aliphatic rings. The van der Waals surface area contributed by atoms with Crippen molar-refractivity contribution in [1.29, 1.82) is 0 Å². The first-order chi connectivity index (χ1) is 11.6. The molecular weight excluding hydrogens is 361 g/mol. The summed E-state index contributed by atoms with van der Waals surface area (Å²) < 4.78 is 1.83. The zero-order valence-electron chi connectivity index (χ0n) is 13.9. The maximum atomic E-state index is 9.85. The molecule has 2 saturated carbocycles. The molecule has 1 unspecified atom stereocenters. The Balaban J connectivity index is 0.00000157. The minimum atomic E-state index is 0. The molecule has 2 aromatic heterocycles. The van der Waals surface area contributed by atoms with Gasteiger partial charge in [0.05, 0.1) is 11.9 Å². The molecule has 3 atom stereocenters. The van der Waals surface area contributed by atoms with E-state index in [9.17, 15) is 5.11 Å². The van der Waals surface area contributed by atoms with Gasteiger partial charge in [-0.3, -0.25) is 0 Å². The fraction of sp³-hybridized carbons (Fsp3) is 0.647. The summed E-state index contributed by atoms with van der Waals surface area (Å²) in [6, 6.07) is 0.634. The van der Waals surface area contributed by atoms with Crippen LogP contribution in [0.3, 0.4) is 0 Å². The Labute approximate surface area is 157 Å². The minimum Gasteiger partial charge on any atom is -0.396 e. The Kier molecular flexibility index (Phi) is 4.15. The normalized spacial score (nSPS) is 29.0. The first kappa shape index (κ1) is 17.3. The number of halogens is 2. The Morgan fingerprint density at radius 3 is 2.84 bits per heavy atom. The summed E-state index contributed by atoms with van der Waals surface area (Å²) in [5.74, 6) is 1.26. The highest BCUT2D eigenvalue weighted by molar-refractivity contribution is 6.33. The fourth-order valence-electron chi connectivity index (χ4n) is 4.75. The van der Waals surface area contributed by atoms with E-state index in [0.717, 1.165) is 50.0 Å². The molecule has 136 valence electrons. The van der Waals surface area contributed by atoms with Crippen LogP contribution in [-0.2, 0) is 11.8 Å². The maximum Gasteiger partial charge on any atom is 0.176 e. The van der Waals surface area contributed by atoms with Crippen LogP contribution in [0.15, 0.2) is 6.20 Å². The first-order valence-corrected chi connectivity index (χ1v) is 9.20. The van der Waals surface area contributed by atoms with E-state index in [0.29, 0.717) is 16.7 Å². The van der Waals surface area contributed by atoms with Crippen LogP contribution in [0.25, 0.3) is 5.65 Å². The summed E-state index contributed by atoms with van der Waals surface area (Å²) in [6.07, 6.45) is 7.82. The van der Waals surface area contributed by atoms with Crippen molar-refractivity contribution in [3.05, 3.63) is 22.5 Å². The van der Waals surface area contributed by atoms with Gasteiger partial charge in [0.15, 0.2) is 5.65 Å². The standard InChI is InChI=1S/C17H22ClN5O.ClH/c18-13-7-20-23-15(21-11-2-1-10(19)6-11)12-5-9(8-24)17(3-4-17)14(12)22-16(13)23;/h7,9-11,21,24H,1-6,8,19H2;1H/t9?,10-,11-;/m1./s1. The number of nitrogens with one attached hydrogen (secondary N) is 1. The number of hydrogen-bond acceptors (Lipinski definition) is 5. The number of aliphatic hydroxyl groups is 1. The zero-order chi connectivity index (χ0) is 16.5. The van der Waals surface area contributed by atoms with Crippen molar-refractivity contribution >= 4 is 35.5 Å². The predicted molar refractivity (Wildman–Crippen MR) is 99.7 cm³/mol. The molecule has 8 heteroatoms. The van der Waals surface area contributed by atoms with Gasteiger partial charge in [0.1, 0.15) is 10.8 Å². The largest absolute Gasteiger partial charge is 0.396 e. The van der Waals surface area contributed by atoms with Gasteiger partial charge < -0.3 is 16.2 Å². The van der Waals surface area contributed by atoms with Crippen molar-refractivity contribution < 1.29 is 5.11 Å². The third-order valence-electron chi connectivity index (χ3n) is 6.23. The smallest absolute Gasteiger partial charge is 0.176 e. The Morgan fingerprint density at radius 1 is 1.40 bits per heavy atom. The third kappa shape index (κ3) is 2.46. The van der Waals surface area contributed by atoms with Gasteiger partial charge in [0.25, 0.3) is 0 Å². The second-order valence-corrected chi connectivity index (χ2v) is 8.08. The van der Waals surface area contributed by atoms with E-state index >= 15 is 0 Å². The van der Waals surface area contributed by atoms with Crippen molar-refractivity contribution in [2.24, 2.45) is 11.7 Å². The van der Waals surface area contributed by atoms with Crippen molar-refractivity contribution in [2.75, 3.05) is 11.9 Å². The van der Waals surface area contributed by atoms with Gasteiger partial charge in [-0.2, -0.15) is 9.61 Å². The third-order valence-corrected chi connectivity index (χ3v) is 6.50. The van der Waals surface area contributed by atoms with Crippen LogP contribution in [-0.4, -0.2) is 38.4 Å². The van der Waals surface area contributed by atoms with E-state index in [1.54, 1.807) is 6.20 Å². The van der Waals surface area contributed by atoms with Crippen molar-refractivity contribution in [1.82, 2.24) is 14.6 Å². The molecule has 0 aromatic carbocycles. The molecule has 3 aliphatic carbocycles. The molecule has 4 N–H and O–H groups in total. The van der Waals surface area contributed by atoms with E-state index in [1.165, 1.54) is 5.56 Å². The van der Waals surface area contributed by atoms with Crippen LogP contribution in [0.5, 0.6) is 0 Å². The molecule has 5 rings (SSSR count). The molecule has 6 nitrogen and oxygen atoms in total. The maximum absolute atomic E-state index is 9.85. The van der Waals surface area contributed by atoms with Crippen LogP contribution < -0.4 is 11.1 Å². The quantitative estimate of drug-likeness (QED) is 0.756. The average Bonchev–Trinajstić information content (AvgIpc) is 2.98. The first-order valence-electron chi connectivity index (χ1n) is 8.82. The van der Waals surface area contributed by atoms with Gasteiger partial charge in [0, 0.05) is 29.7 Å². The van der Waals surface area contributed by atoms with E-state index in [4.69, 9.17) is 22.3 Å². The van der Waals surface area contributed by atoms with Gasteiger partial charge in [-0.05, 0) is 44.4 Å². The summed E-state index contributed by atoms with van der Waals surface area (Å²) in [7, 11) is 0. The SMILES string of the molecule is Cl.N[C@@H]1CC[C@@H](Nc2c3c(nc4c(Cl)cnn24)C2(CC2)C(CO)C3)C1. The molecular formula is C17H23Cl2N5O. The molecule has 0 radical (unpaired) electrons. The van der Waals surface area contributed by atoms with Crippen molar-refractivity contribution in [3.63, 3.8) is 0 Å². The highest BCUT2D eigenvalue weighted by atomic mass is 35.5. The summed E-state index contributed by atoms with van der Waals surface area (Å²) >= 11 is 6.33. The van der Waals surface area contributed by atoms with Gasteiger partial charge in [-0.1, -0.05) is 11.6 Å². The highest BCUT2D eigenvalue weighted by Gasteiger charge is 2.57. The summed E-state index contributed by atoms with van der Waals surface area (Å²) in [6.45, 7) is 0.208. The molecule has 2 heterocycles. The van der Waals surface area contributed by atoms with Crippen LogP contribution in [0, 0.1) is 5.92 Å². The van der Waals surface area contributed by atoms with Crippen LogP contribution >= 0.6 is 24.0 Å². The molecule has 0 aliphatic heterocycles. The van der Waals surface area contributed by atoms with Gasteiger partial charge >= 0.3 is 0 Å². The Hall–Kier alpha value is -1.08. The number of anilines is 1. The summed E-state index contributed by atoms with van der Waals surface area (Å²) in [4.78, 5) is 4.87. The number of nitrogens with two attached hydrogens (primary N) is 1.